The van der Waals surface area contributed by atoms with E-state index in [1.54, 1.807) is 4.90 Å². The molecule has 1 aliphatic rings. The number of hydrogen-bond donors (Lipinski definition) is 0. The number of benzene rings is 2. The Morgan fingerprint density at radius 1 is 1.27 bits per heavy atom. The normalized spacial score (nSPS) is 14.9. The number of aryl methyl sites for hydroxylation is 1. The lowest BCUT2D eigenvalue weighted by Gasteiger charge is -2.27. The Bertz CT molecular complexity index is 1050. The van der Waals surface area contributed by atoms with Crippen molar-refractivity contribution in [2.75, 3.05) is 44.3 Å². The van der Waals surface area contributed by atoms with Crippen LogP contribution < -0.4 is 4.90 Å². The van der Waals surface area contributed by atoms with Gasteiger partial charge in [-0.3, -0.25) is 14.6 Å². The van der Waals surface area contributed by atoms with Gasteiger partial charge in [0, 0.05) is 26.2 Å². The molecule has 1 fully saturated rings. The zero-order valence-electron chi connectivity index (χ0n) is 16.7. The molecule has 3 aromatic rings. The van der Waals surface area contributed by atoms with Crippen LogP contribution in [0.4, 0.5) is 9.52 Å². The third-order valence-corrected chi connectivity index (χ3v) is 6.48. The van der Waals surface area contributed by atoms with E-state index in [2.05, 4.69) is 16.0 Å². The highest BCUT2D eigenvalue weighted by Crippen LogP contribution is 2.31. The van der Waals surface area contributed by atoms with Crippen LogP contribution in [-0.2, 0) is 4.74 Å². The van der Waals surface area contributed by atoms with E-state index in [0.717, 1.165) is 55.0 Å². The molecule has 0 atom stereocenters. The quantitative estimate of drug-likeness (QED) is 0.546. The van der Waals surface area contributed by atoms with Crippen molar-refractivity contribution in [1.29, 1.82) is 0 Å². The van der Waals surface area contributed by atoms with Crippen LogP contribution in [0.5, 0.6) is 0 Å². The summed E-state index contributed by atoms with van der Waals surface area (Å²) in [7, 11) is 0. The zero-order valence-corrected chi connectivity index (χ0v) is 18.3. The fourth-order valence-corrected chi connectivity index (χ4v) is 4.84. The molecule has 5 nitrogen and oxygen atoms in total. The van der Waals surface area contributed by atoms with E-state index < -0.39 is 5.82 Å². The van der Waals surface area contributed by atoms with E-state index in [-0.39, 0.29) is 16.5 Å². The maximum Gasteiger partial charge on any atom is 0.261 e. The maximum atomic E-state index is 13.5. The van der Waals surface area contributed by atoms with Crippen LogP contribution >= 0.6 is 22.9 Å². The van der Waals surface area contributed by atoms with Crippen molar-refractivity contribution < 1.29 is 13.9 Å². The van der Waals surface area contributed by atoms with Gasteiger partial charge in [0.25, 0.3) is 5.91 Å². The van der Waals surface area contributed by atoms with Crippen molar-refractivity contribution in [2.24, 2.45) is 0 Å². The van der Waals surface area contributed by atoms with Gasteiger partial charge in [-0.1, -0.05) is 29.0 Å². The van der Waals surface area contributed by atoms with E-state index in [9.17, 15) is 9.18 Å². The number of fused-ring (bicyclic) bond motifs is 1. The zero-order chi connectivity index (χ0) is 21.1. The number of amides is 1. The summed E-state index contributed by atoms with van der Waals surface area (Å²) < 4.78 is 19.9. The number of carbonyl (C=O) groups is 1. The second-order valence-electron chi connectivity index (χ2n) is 7.36. The molecule has 0 spiro atoms. The minimum Gasteiger partial charge on any atom is -0.379 e. The number of thiazole rings is 1. The Labute approximate surface area is 184 Å². The van der Waals surface area contributed by atoms with Crippen molar-refractivity contribution in [3.63, 3.8) is 0 Å². The Morgan fingerprint density at radius 2 is 2.07 bits per heavy atom. The molecule has 8 heteroatoms. The summed E-state index contributed by atoms with van der Waals surface area (Å²) in [6.07, 6.45) is 0.791. The number of hydrogen-bond acceptors (Lipinski definition) is 5. The van der Waals surface area contributed by atoms with Crippen LogP contribution in [0, 0.1) is 12.7 Å². The molecule has 0 N–H and O–H groups in total. The number of carbonyl (C=O) groups excluding carboxylic acids is 1. The van der Waals surface area contributed by atoms with Crippen LogP contribution in [0.2, 0.25) is 5.02 Å². The summed E-state index contributed by atoms with van der Waals surface area (Å²) in [5.74, 6) is -0.733. The molecule has 0 unspecified atom stereocenters. The molecule has 0 radical (unpaired) electrons. The van der Waals surface area contributed by atoms with Gasteiger partial charge in [-0.2, -0.15) is 0 Å². The van der Waals surface area contributed by atoms with Gasteiger partial charge < -0.3 is 4.74 Å². The summed E-state index contributed by atoms with van der Waals surface area (Å²) in [4.78, 5) is 22.0. The minimum atomic E-state index is -0.467. The van der Waals surface area contributed by atoms with Crippen LogP contribution in [0.25, 0.3) is 10.2 Å². The SMILES string of the molecule is Cc1ccc2nc(N(CCCN3CCOCC3)C(=O)c3ccc(F)cc3Cl)sc2c1. The van der Waals surface area contributed by atoms with Crippen molar-refractivity contribution in [1.82, 2.24) is 9.88 Å². The number of ether oxygens (including phenoxy) is 1. The second kappa shape index (κ2) is 9.39. The molecule has 1 aliphatic heterocycles. The van der Waals surface area contributed by atoms with E-state index in [1.807, 2.05) is 19.1 Å². The van der Waals surface area contributed by atoms with Crippen molar-refractivity contribution in [3.8, 4) is 0 Å². The lowest BCUT2D eigenvalue weighted by Crippen LogP contribution is -2.39. The predicted molar refractivity (Wildman–Crippen MR) is 119 cm³/mol. The number of morpholine rings is 1. The first-order valence-electron chi connectivity index (χ1n) is 9.95. The molecule has 0 saturated carbocycles. The first kappa shape index (κ1) is 21.2. The number of rotatable bonds is 6. The number of aromatic nitrogens is 1. The smallest absolute Gasteiger partial charge is 0.261 e. The predicted octanol–water partition coefficient (Wildman–Crippen LogP) is 4.77. The van der Waals surface area contributed by atoms with Gasteiger partial charge in [0.2, 0.25) is 0 Å². The molecule has 158 valence electrons. The van der Waals surface area contributed by atoms with Crippen LogP contribution in [-0.4, -0.2) is 55.2 Å². The lowest BCUT2D eigenvalue weighted by atomic mass is 10.2. The van der Waals surface area contributed by atoms with E-state index >= 15 is 0 Å². The van der Waals surface area contributed by atoms with Gasteiger partial charge in [0.05, 0.1) is 34.0 Å². The van der Waals surface area contributed by atoms with Gasteiger partial charge in [-0.05, 0) is 49.2 Å². The summed E-state index contributed by atoms with van der Waals surface area (Å²) in [5, 5.41) is 0.734. The highest BCUT2D eigenvalue weighted by molar-refractivity contribution is 7.22. The average Bonchev–Trinajstić information content (AvgIpc) is 3.14. The fraction of sp³-hybridized carbons (Fsp3) is 0.364. The van der Waals surface area contributed by atoms with Gasteiger partial charge in [-0.25, -0.2) is 9.37 Å². The molecule has 30 heavy (non-hydrogen) atoms. The van der Waals surface area contributed by atoms with Gasteiger partial charge in [-0.15, -0.1) is 0 Å². The van der Waals surface area contributed by atoms with E-state index in [4.69, 9.17) is 16.3 Å². The summed E-state index contributed by atoms with van der Waals surface area (Å²) >= 11 is 7.67. The van der Waals surface area contributed by atoms with E-state index in [0.29, 0.717) is 11.7 Å². The Hall–Kier alpha value is -2.06. The minimum absolute atomic E-state index is 0.107. The Kier molecular flexibility index (Phi) is 6.63. The van der Waals surface area contributed by atoms with Crippen LogP contribution in [0.15, 0.2) is 36.4 Å². The highest BCUT2D eigenvalue weighted by Gasteiger charge is 2.24. The van der Waals surface area contributed by atoms with Crippen LogP contribution in [0.1, 0.15) is 22.3 Å². The second-order valence-corrected chi connectivity index (χ2v) is 8.77. The Balaban J connectivity index is 1.59. The molecule has 1 saturated heterocycles. The molecule has 1 amide bonds. The third-order valence-electron chi connectivity index (χ3n) is 5.13. The molecule has 4 rings (SSSR count). The number of halogens is 2. The van der Waals surface area contributed by atoms with Crippen molar-refractivity contribution in [2.45, 2.75) is 13.3 Å². The molecule has 2 heterocycles. The largest absolute Gasteiger partial charge is 0.379 e. The molecular weight excluding hydrogens is 425 g/mol. The summed E-state index contributed by atoms with van der Waals surface area (Å²) in [6, 6.07) is 9.90. The maximum absolute atomic E-state index is 13.5. The topological polar surface area (TPSA) is 45.7 Å². The molecular formula is C22H23ClFN3O2S. The monoisotopic (exact) mass is 447 g/mol. The molecule has 0 bridgehead atoms. The lowest BCUT2D eigenvalue weighted by molar-refractivity contribution is 0.0376. The molecule has 2 aromatic carbocycles. The third kappa shape index (κ3) is 4.81. The van der Waals surface area contributed by atoms with Gasteiger partial charge in [0.1, 0.15) is 5.82 Å². The van der Waals surface area contributed by atoms with Gasteiger partial charge in [0.15, 0.2) is 5.13 Å². The van der Waals surface area contributed by atoms with Gasteiger partial charge >= 0.3 is 0 Å². The molecule has 1 aromatic heterocycles. The number of nitrogens with zero attached hydrogens (tertiary/aromatic N) is 3. The summed E-state index contributed by atoms with van der Waals surface area (Å²) in [5.41, 5.74) is 2.28. The fourth-order valence-electron chi connectivity index (χ4n) is 3.50. The highest BCUT2D eigenvalue weighted by atomic mass is 35.5. The first-order valence-corrected chi connectivity index (χ1v) is 11.1. The standard InChI is InChI=1S/C22H23ClFN3O2S/c1-15-3-6-19-20(13-15)30-22(25-19)27(8-2-7-26-9-11-29-12-10-26)21(28)17-5-4-16(24)14-18(17)23/h3-6,13-14H,2,7-12H2,1H3. The van der Waals surface area contributed by atoms with Crippen LogP contribution in [0.3, 0.4) is 0 Å². The molecule has 0 aliphatic carbocycles. The Morgan fingerprint density at radius 3 is 2.83 bits per heavy atom. The number of anilines is 1. The van der Waals surface area contributed by atoms with Crippen molar-refractivity contribution >= 4 is 44.2 Å². The average molecular weight is 448 g/mol. The summed E-state index contributed by atoms with van der Waals surface area (Å²) in [6.45, 7) is 6.69. The van der Waals surface area contributed by atoms with Crippen molar-refractivity contribution in [3.05, 3.63) is 58.4 Å². The first-order chi connectivity index (χ1) is 14.5. The van der Waals surface area contributed by atoms with E-state index in [1.165, 1.54) is 29.5 Å².